The summed E-state index contributed by atoms with van der Waals surface area (Å²) in [5, 5.41) is 15.8. The van der Waals surface area contributed by atoms with Crippen molar-refractivity contribution in [3.8, 4) is 5.75 Å². The summed E-state index contributed by atoms with van der Waals surface area (Å²) in [5.74, 6) is 0.254. The number of likely N-dealkylation sites (tertiary alicyclic amines) is 1. The van der Waals surface area contributed by atoms with Gasteiger partial charge in [0.25, 0.3) is 5.91 Å². The van der Waals surface area contributed by atoms with Gasteiger partial charge in [-0.15, -0.1) is 10.8 Å². The topological polar surface area (TPSA) is 74.5 Å². The molecule has 1 aromatic carbocycles. The number of nitrogens with zero attached hydrogens (tertiary/aromatic N) is 3. The molecule has 1 atom stereocenters. The van der Waals surface area contributed by atoms with Gasteiger partial charge in [-0.2, -0.15) is 18.3 Å². The van der Waals surface area contributed by atoms with Crippen LogP contribution >= 0.6 is 11.8 Å². The van der Waals surface area contributed by atoms with Crippen LogP contribution in [0, 0.1) is 0 Å². The van der Waals surface area contributed by atoms with E-state index in [2.05, 4.69) is 15.9 Å². The second-order valence-corrected chi connectivity index (χ2v) is 7.60. The van der Waals surface area contributed by atoms with Crippen LogP contribution in [0.15, 0.2) is 51.8 Å². The molecule has 2 aliphatic heterocycles. The maximum atomic E-state index is 13.2. The average Bonchev–Trinajstić information content (AvgIpc) is 3.03. The summed E-state index contributed by atoms with van der Waals surface area (Å²) >= 11 is 0.955. The number of benzene rings is 1. The third-order valence-corrected chi connectivity index (χ3v) is 5.49. The van der Waals surface area contributed by atoms with Crippen LogP contribution in [0.2, 0.25) is 0 Å². The Morgan fingerprint density at radius 3 is 2.79 bits per heavy atom. The smallest absolute Gasteiger partial charge is 0.426 e. The van der Waals surface area contributed by atoms with Crippen molar-refractivity contribution in [2.24, 2.45) is 10.2 Å². The molecule has 1 fully saturated rings. The summed E-state index contributed by atoms with van der Waals surface area (Å²) in [7, 11) is 0. The normalized spacial score (nSPS) is 19.0. The molecule has 29 heavy (non-hydrogen) atoms. The Labute approximate surface area is 169 Å². The number of hydrogen-bond donors (Lipinski definition) is 1. The maximum absolute atomic E-state index is 13.2. The van der Waals surface area contributed by atoms with Gasteiger partial charge in [-0.3, -0.25) is 4.79 Å². The molecule has 1 amide bonds. The predicted molar refractivity (Wildman–Crippen MR) is 104 cm³/mol. The number of ether oxygens (including phenoxy) is 1. The summed E-state index contributed by atoms with van der Waals surface area (Å²) in [6, 6.07) is 6.70. The van der Waals surface area contributed by atoms with E-state index in [0.29, 0.717) is 25.3 Å². The van der Waals surface area contributed by atoms with E-state index in [1.54, 1.807) is 29.2 Å². The van der Waals surface area contributed by atoms with Crippen molar-refractivity contribution in [2.45, 2.75) is 24.5 Å². The number of aliphatic hydroxyl groups excluding tert-OH is 1. The predicted octanol–water partition coefficient (Wildman–Crippen LogP) is 2.93. The van der Waals surface area contributed by atoms with E-state index in [-0.39, 0.29) is 29.4 Å². The van der Waals surface area contributed by atoms with Crippen LogP contribution in [0.4, 0.5) is 13.2 Å². The highest BCUT2D eigenvalue weighted by Crippen LogP contribution is 2.34. The molecule has 2 aliphatic rings. The highest BCUT2D eigenvalue weighted by Gasteiger charge is 2.39. The third kappa shape index (κ3) is 5.72. The molecule has 1 saturated heterocycles. The summed E-state index contributed by atoms with van der Waals surface area (Å²) in [4.78, 5) is 13.9. The number of carbonyl (C=O) groups excluding carboxylic acids is 1. The lowest BCUT2D eigenvalue weighted by atomic mass is 10.2. The van der Waals surface area contributed by atoms with Crippen molar-refractivity contribution < 1.29 is 27.8 Å². The van der Waals surface area contributed by atoms with Crippen molar-refractivity contribution in [1.29, 1.82) is 0 Å². The minimum atomic E-state index is -4.58. The fraction of sp³-hybridized carbons (Fsp3) is 0.368. The first-order valence-electron chi connectivity index (χ1n) is 8.77. The Morgan fingerprint density at radius 2 is 2.10 bits per heavy atom. The van der Waals surface area contributed by atoms with Crippen LogP contribution in [0.3, 0.4) is 0 Å². The Balaban J connectivity index is 1.54. The quantitative estimate of drug-likeness (QED) is 0.737. The van der Waals surface area contributed by atoms with E-state index in [1.165, 1.54) is 0 Å². The number of carbonyl (C=O) groups is 1. The Kier molecular flexibility index (Phi) is 6.79. The second kappa shape index (κ2) is 9.30. The molecule has 1 N–H and O–H groups in total. The number of hydrogen-bond acceptors (Lipinski definition) is 6. The molecular formula is C19H18F3N3O3S. The number of amides is 1. The van der Waals surface area contributed by atoms with Gasteiger partial charge in [0.2, 0.25) is 0 Å². The van der Waals surface area contributed by atoms with Gasteiger partial charge >= 0.3 is 6.18 Å². The zero-order valence-corrected chi connectivity index (χ0v) is 16.0. The van der Waals surface area contributed by atoms with Crippen LogP contribution in [-0.2, 0) is 11.4 Å². The molecule has 6 nitrogen and oxygen atoms in total. The molecule has 0 bridgehead atoms. The van der Waals surface area contributed by atoms with Gasteiger partial charge in [0, 0.05) is 24.4 Å². The fourth-order valence-electron chi connectivity index (χ4n) is 2.77. The molecule has 0 radical (unpaired) electrons. The highest BCUT2D eigenvalue weighted by atomic mass is 32.2. The summed E-state index contributed by atoms with van der Waals surface area (Å²) in [5.41, 5.74) is 1.95. The number of alkyl halides is 3. The first-order valence-corrected chi connectivity index (χ1v) is 9.65. The zero-order valence-electron chi connectivity index (χ0n) is 15.2. The summed E-state index contributed by atoms with van der Waals surface area (Å²) in [6.07, 6.45) is -1.81. The van der Waals surface area contributed by atoms with E-state index in [9.17, 15) is 18.0 Å². The number of aliphatic hydroxyl groups is 1. The van der Waals surface area contributed by atoms with E-state index >= 15 is 0 Å². The van der Waals surface area contributed by atoms with E-state index in [4.69, 9.17) is 9.84 Å². The van der Waals surface area contributed by atoms with Crippen LogP contribution in [-0.4, -0.2) is 58.3 Å². The van der Waals surface area contributed by atoms with Crippen molar-refractivity contribution >= 4 is 28.9 Å². The Bertz CT molecular complexity index is 875. The van der Waals surface area contributed by atoms with E-state index < -0.39 is 11.7 Å². The summed E-state index contributed by atoms with van der Waals surface area (Å²) < 4.78 is 45.0. The number of rotatable bonds is 5. The number of halogens is 3. The highest BCUT2D eigenvalue weighted by molar-refractivity contribution is 8.15. The van der Waals surface area contributed by atoms with Crippen molar-refractivity contribution in [3.63, 3.8) is 0 Å². The minimum absolute atomic E-state index is 0.0797. The molecule has 1 unspecified atom stereocenters. The molecule has 1 aromatic rings. The van der Waals surface area contributed by atoms with Crippen LogP contribution in [0.5, 0.6) is 5.75 Å². The Morgan fingerprint density at radius 1 is 1.34 bits per heavy atom. The molecular weight excluding hydrogens is 407 g/mol. The standard InChI is InChI=1S/C19H18F3N3O3S/c20-19(21,22)16-2-1-8-23-24-18(16)29-15-7-9-25(10-15)17(27)12-28-14-5-3-13(11-26)4-6-14/h1,3-6,8,15,26H,7,9-12H2. The van der Waals surface area contributed by atoms with Gasteiger partial charge in [-0.1, -0.05) is 23.9 Å². The van der Waals surface area contributed by atoms with Gasteiger partial charge < -0.3 is 14.7 Å². The third-order valence-electron chi connectivity index (χ3n) is 4.26. The largest absolute Gasteiger partial charge is 0.484 e. The fourth-order valence-corrected chi connectivity index (χ4v) is 3.95. The lowest BCUT2D eigenvalue weighted by Crippen LogP contribution is -2.33. The first-order chi connectivity index (χ1) is 13.9. The van der Waals surface area contributed by atoms with Gasteiger partial charge in [-0.05, 0) is 24.1 Å². The van der Waals surface area contributed by atoms with E-state index in [0.717, 1.165) is 29.6 Å². The van der Waals surface area contributed by atoms with Gasteiger partial charge in [0.1, 0.15) is 16.4 Å². The van der Waals surface area contributed by atoms with E-state index in [1.807, 2.05) is 0 Å². The average molecular weight is 425 g/mol. The molecule has 3 rings (SSSR count). The molecule has 0 spiro atoms. The van der Waals surface area contributed by atoms with Crippen molar-refractivity contribution in [1.82, 2.24) is 4.90 Å². The first kappa shape index (κ1) is 21.2. The number of thioether (sulfide) groups is 1. The van der Waals surface area contributed by atoms with Crippen molar-refractivity contribution in [2.75, 3.05) is 19.7 Å². The monoisotopic (exact) mass is 425 g/mol. The second-order valence-electron chi connectivity index (χ2n) is 6.31. The Hall–Kier alpha value is -2.55. The molecule has 10 heteroatoms. The maximum Gasteiger partial charge on any atom is 0.426 e. The van der Waals surface area contributed by atoms with Crippen LogP contribution in [0.25, 0.3) is 0 Å². The lowest BCUT2D eigenvalue weighted by molar-refractivity contribution is -0.132. The SMILES string of the molecule is O=C(COc1ccc(CO)cc1)N1CCC(SC2=NN=CC=C=C2C(F)(F)F)C1. The van der Waals surface area contributed by atoms with Crippen LogP contribution < -0.4 is 4.74 Å². The minimum Gasteiger partial charge on any atom is -0.484 e. The van der Waals surface area contributed by atoms with Gasteiger partial charge in [0.15, 0.2) is 6.61 Å². The van der Waals surface area contributed by atoms with Crippen LogP contribution in [0.1, 0.15) is 12.0 Å². The lowest BCUT2D eigenvalue weighted by Gasteiger charge is -2.17. The van der Waals surface area contributed by atoms with Gasteiger partial charge in [0.05, 0.1) is 12.8 Å². The zero-order chi connectivity index (χ0) is 20.9. The van der Waals surface area contributed by atoms with Crippen molar-refractivity contribution in [3.05, 3.63) is 47.2 Å². The molecule has 0 aromatic heterocycles. The van der Waals surface area contributed by atoms with Gasteiger partial charge in [-0.25, -0.2) is 0 Å². The molecule has 154 valence electrons. The summed E-state index contributed by atoms with van der Waals surface area (Å²) in [6.45, 7) is 0.482. The molecule has 0 saturated carbocycles. The molecule has 2 heterocycles. The molecule has 0 aliphatic carbocycles.